The lowest BCUT2D eigenvalue weighted by Gasteiger charge is -2.08. The van der Waals surface area contributed by atoms with Crippen molar-refractivity contribution in [2.45, 2.75) is 6.92 Å². The van der Waals surface area contributed by atoms with Crippen molar-refractivity contribution in [1.29, 1.82) is 0 Å². The Morgan fingerprint density at radius 1 is 1.35 bits per heavy atom. The van der Waals surface area contributed by atoms with Gasteiger partial charge < -0.3 is 4.57 Å². The minimum Gasteiger partial charge on any atom is -0.314 e. The lowest BCUT2D eigenvalue weighted by atomic mass is 10.1. The molecular formula is C12H10N2O3. The van der Waals surface area contributed by atoms with Gasteiger partial charge >= 0.3 is 0 Å². The second-order valence-corrected chi connectivity index (χ2v) is 3.65. The molecule has 0 unspecified atom stereocenters. The second kappa shape index (κ2) is 4.21. The van der Waals surface area contributed by atoms with Gasteiger partial charge in [-0.25, -0.2) is 0 Å². The number of hydrogen-bond donors (Lipinski definition) is 0. The molecular weight excluding hydrogens is 220 g/mol. The maximum atomic E-state index is 10.8. The van der Waals surface area contributed by atoms with E-state index in [9.17, 15) is 14.9 Å². The molecule has 0 saturated carbocycles. The zero-order valence-electron chi connectivity index (χ0n) is 9.16. The monoisotopic (exact) mass is 230 g/mol. The van der Waals surface area contributed by atoms with Crippen LogP contribution in [0.4, 0.5) is 5.69 Å². The van der Waals surface area contributed by atoms with Crippen molar-refractivity contribution in [2.75, 3.05) is 0 Å². The van der Waals surface area contributed by atoms with Gasteiger partial charge in [0.2, 0.25) is 0 Å². The molecule has 5 heteroatoms. The molecule has 0 saturated heterocycles. The Morgan fingerprint density at radius 2 is 2.12 bits per heavy atom. The molecule has 1 aromatic heterocycles. The van der Waals surface area contributed by atoms with Crippen LogP contribution < -0.4 is 0 Å². The fourth-order valence-corrected chi connectivity index (χ4v) is 1.68. The van der Waals surface area contributed by atoms with Crippen LogP contribution in [0, 0.1) is 17.0 Å². The summed E-state index contributed by atoms with van der Waals surface area (Å²) in [7, 11) is 0. The molecule has 0 fully saturated rings. The smallest absolute Gasteiger partial charge is 0.271 e. The van der Waals surface area contributed by atoms with Crippen LogP contribution in [0.5, 0.6) is 0 Å². The molecule has 0 aliphatic rings. The minimum absolute atomic E-state index is 0.0103. The number of benzene rings is 1. The molecule has 86 valence electrons. The lowest BCUT2D eigenvalue weighted by molar-refractivity contribution is -0.384. The Kier molecular flexibility index (Phi) is 2.74. The molecule has 1 aromatic carbocycles. The number of hydrogen-bond acceptors (Lipinski definition) is 3. The van der Waals surface area contributed by atoms with Gasteiger partial charge in [0.05, 0.1) is 16.3 Å². The van der Waals surface area contributed by atoms with Gasteiger partial charge in [0.25, 0.3) is 5.69 Å². The molecule has 5 nitrogen and oxygen atoms in total. The van der Waals surface area contributed by atoms with E-state index in [1.165, 1.54) is 12.1 Å². The van der Waals surface area contributed by atoms with E-state index < -0.39 is 4.92 Å². The number of rotatable bonds is 3. The van der Waals surface area contributed by atoms with Crippen molar-refractivity contribution in [3.8, 4) is 5.69 Å². The summed E-state index contributed by atoms with van der Waals surface area (Å²) in [6, 6.07) is 7.96. The Morgan fingerprint density at radius 3 is 2.76 bits per heavy atom. The zero-order chi connectivity index (χ0) is 12.4. The van der Waals surface area contributed by atoms with Crippen LogP contribution >= 0.6 is 0 Å². The maximum absolute atomic E-state index is 10.8. The summed E-state index contributed by atoms with van der Waals surface area (Å²) in [5.41, 5.74) is 1.99. The average molecular weight is 230 g/mol. The predicted octanol–water partition coefficient (Wildman–Crippen LogP) is 2.51. The Hall–Kier alpha value is -2.43. The third-order valence-electron chi connectivity index (χ3n) is 2.56. The number of nitrogens with zero attached hydrogens (tertiary/aromatic N) is 2. The van der Waals surface area contributed by atoms with Gasteiger partial charge in [-0.15, -0.1) is 0 Å². The number of carbonyl (C=O) groups excluding carboxylic acids is 1. The standard InChI is InChI=1S/C12H10N2O3/c1-9-4-5-10(14(16)17)7-12(9)13-6-2-3-11(13)8-15/h2-8H,1H3. The largest absolute Gasteiger partial charge is 0.314 e. The van der Waals surface area contributed by atoms with Crippen molar-refractivity contribution >= 4 is 12.0 Å². The number of carbonyl (C=O) groups is 1. The third-order valence-corrected chi connectivity index (χ3v) is 2.56. The first kappa shape index (κ1) is 11.1. The van der Waals surface area contributed by atoms with E-state index in [1.54, 1.807) is 29.0 Å². The van der Waals surface area contributed by atoms with Crippen LogP contribution in [0.2, 0.25) is 0 Å². The van der Waals surface area contributed by atoms with Crippen LogP contribution in [0.25, 0.3) is 5.69 Å². The van der Waals surface area contributed by atoms with E-state index in [-0.39, 0.29) is 5.69 Å². The van der Waals surface area contributed by atoms with Crippen molar-refractivity contribution < 1.29 is 9.72 Å². The highest BCUT2D eigenvalue weighted by Crippen LogP contribution is 2.22. The number of nitro groups is 1. The second-order valence-electron chi connectivity index (χ2n) is 3.65. The highest BCUT2D eigenvalue weighted by Gasteiger charge is 2.11. The normalized spacial score (nSPS) is 10.2. The zero-order valence-corrected chi connectivity index (χ0v) is 9.16. The molecule has 0 aliphatic carbocycles. The van der Waals surface area contributed by atoms with E-state index in [1.807, 2.05) is 6.92 Å². The summed E-state index contributed by atoms with van der Waals surface area (Å²) in [5, 5.41) is 10.7. The van der Waals surface area contributed by atoms with Crippen LogP contribution in [0.1, 0.15) is 16.1 Å². The molecule has 17 heavy (non-hydrogen) atoms. The van der Waals surface area contributed by atoms with Crippen LogP contribution in [0.3, 0.4) is 0 Å². The molecule has 0 atom stereocenters. The first-order valence-electron chi connectivity index (χ1n) is 5.01. The van der Waals surface area contributed by atoms with Crippen LogP contribution in [-0.4, -0.2) is 15.8 Å². The highest BCUT2D eigenvalue weighted by molar-refractivity contribution is 5.74. The Balaban J connectivity index is 2.62. The molecule has 2 rings (SSSR count). The molecule has 0 aliphatic heterocycles. The minimum atomic E-state index is -0.451. The van der Waals surface area contributed by atoms with Crippen LogP contribution in [0.15, 0.2) is 36.5 Å². The van der Waals surface area contributed by atoms with Crippen molar-refractivity contribution in [2.24, 2.45) is 0 Å². The summed E-state index contributed by atoms with van der Waals surface area (Å²) in [6.45, 7) is 1.84. The number of aldehydes is 1. The van der Waals surface area contributed by atoms with Gasteiger partial charge in [-0.05, 0) is 24.6 Å². The molecule has 0 bridgehead atoms. The van der Waals surface area contributed by atoms with E-state index in [0.29, 0.717) is 11.4 Å². The van der Waals surface area contributed by atoms with Gasteiger partial charge in [0.15, 0.2) is 6.29 Å². The molecule has 1 heterocycles. The summed E-state index contributed by atoms with van der Waals surface area (Å²) in [6.07, 6.45) is 2.42. The van der Waals surface area contributed by atoms with E-state index in [2.05, 4.69) is 0 Å². The SMILES string of the molecule is Cc1ccc([N+](=O)[O-])cc1-n1cccc1C=O. The third kappa shape index (κ3) is 1.94. The number of non-ortho nitro benzene ring substituents is 1. The van der Waals surface area contributed by atoms with Gasteiger partial charge in [-0.3, -0.25) is 14.9 Å². The molecule has 0 spiro atoms. The molecule has 0 radical (unpaired) electrons. The predicted molar refractivity (Wildman–Crippen MR) is 62.5 cm³/mol. The van der Waals surface area contributed by atoms with Gasteiger partial charge in [-0.1, -0.05) is 6.07 Å². The lowest BCUT2D eigenvalue weighted by Crippen LogP contribution is -2.01. The van der Waals surface area contributed by atoms with E-state index in [4.69, 9.17) is 0 Å². The molecule has 2 aromatic rings. The fourth-order valence-electron chi connectivity index (χ4n) is 1.68. The first-order valence-corrected chi connectivity index (χ1v) is 5.01. The first-order chi connectivity index (χ1) is 8.13. The van der Waals surface area contributed by atoms with Crippen molar-refractivity contribution in [1.82, 2.24) is 4.57 Å². The Labute approximate surface area is 97.5 Å². The molecule has 0 amide bonds. The summed E-state index contributed by atoms with van der Waals surface area (Å²) in [4.78, 5) is 21.1. The quantitative estimate of drug-likeness (QED) is 0.462. The van der Waals surface area contributed by atoms with Crippen molar-refractivity contribution in [3.63, 3.8) is 0 Å². The van der Waals surface area contributed by atoms with Crippen LogP contribution in [-0.2, 0) is 0 Å². The Bertz CT molecular complexity index is 587. The maximum Gasteiger partial charge on any atom is 0.271 e. The van der Waals surface area contributed by atoms with Crippen molar-refractivity contribution in [3.05, 3.63) is 57.9 Å². The van der Waals surface area contributed by atoms with Gasteiger partial charge in [0, 0.05) is 18.3 Å². The summed E-state index contributed by atoms with van der Waals surface area (Å²) < 4.78 is 1.63. The van der Waals surface area contributed by atoms with E-state index >= 15 is 0 Å². The molecule has 0 N–H and O–H groups in total. The van der Waals surface area contributed by atoms with E-state index in [0.717, 1.165) is 11.8 Å². The van der Waals surface area contributed by atoms with Gasteiger partial charge in [0.1, 0.15) is 0 Å². The highest BCUT2D eigenvalue weighted by atomic mass is 16.6. The summed E-state index contributed by atoms with van der Waals surface area (Å²) in [5.74, 6) is 0. The number of aryl methyl sites for hydroxylation is 1. The number of nitro benzene ring substituents is 1. The number of aromatic nitrogens is 1. The average Bonchev–Trinajstić information content (AvgIpc) is 2.77. The van der Waals surface area contributed by atoms with Gasteiger partial charge in [-0.2, -0.15) is 0 Å². The topological polar surface area (TPSA) is 65.1 Å². The summed E-state index contributed by atoms with van der Waals surface area (Å²) >= 11 is 0. The fraction of sp³-hybridized carbons (Fsp3) is 0.0833.